The van der Waals surface area contributed by atoms with Crippen molar-refractivity contribution in [1.29, 1.82) is 5.26 Å². The third-order valence-corrected chi connectivity index (χ3v) is 3.95. The van der Waals surface area contributed by atoms with Crippen molar-refractivity contribution in [3.05, 3.63) is 35.8 Å². The average Bonchev–Trinajstić information content (AvgIpc) is 3.13. The lowest BCUT2D eigenvalue weighted by molar-refractivity contribution is -0.137. The highest BCUT2D eigenvalue weighted by Gasteiger charge is 2.35. The normalized spacial score (nSPS) is 16.9. The Morgan fingerprint density at radius 2 is 2.12 bits per heavy atom. The molecule has 3 N–H and O–H groups in total. The lowest BCUT2D eigenvalue weighted by Gasteiger charge is -2.16. The van der Waals surface area contributed by atoms with Crippen molar-refractivity contribution in [3.8, 4) is 6.07 Å². The topological polar surface area (TPSA) is 98.5 Å². The minimum Gasteiger partial charge on any atom is -0.369 e. The van der Waals surface area contributed by atoms with Gasteiger partial charge < -0.3 is 16.0 Å². The second-order valence-corrected chi connectivity index (χ2v) is 5.86. The molecule has 3 heterocycles. The van der Waals surface area contributed by atoms with E-state index in [1.54, 1.807) is 6.07 Å². The van der Waals surface area contributed by atoms with Gasteiger partial charge in [0.25, 0.3) is 0 Å². The first-order chi connectivity index (χ1) is 12.5. The Morgan fingerprint density at radius 1 is 1.27 bits per heavy atom. The van der Waals surface area contributed by atoms with Gasteiger partial charge >= 0.3 is 6.18 Å². The number of anilines is 3. The van der Waals surface area contributed by atoms with Crippen LogP contribution in [0.3, 0.4) is 0 Å². The highest BCUT2D eigenvalue weighted by atomic mass is 19.4. The summed E-state index contributed by atoms with van der Waals surface area (Å²) in [5.74, 6) is 0.00485. The molecule has 1 aliphatic rings. The summed E-state index contributed by atoms with van der Waals surface area (Å²) in [6, 6.07) is 4.94. The van der Waals surface area contributed by atoms with Crippen LogP contribution >= 0.6 is 0 Å². The van der Waals surface area contributed by atoms with Crippen molar-refractivity contribution in [2.75, 3.05) is 30.3 Å². The van der Waals surface area contributed by atoms with E-state index < -0.39 is 11.7 Å². The zero-order chi connectivity index (χ0) is 18.6. The minimum absolute atomic E-state index is 0.0107. The Morgan fingerprint density at radius 3 is 2.73 bits per heavy atom. The van der Waals surface area contributed by atoms with Crippen LogP contribution in [0.2, 0.25) is 0 Å². The molecule has 26 heavy (non-hydrogen) atoms. The molecule has 1 fully saturated rings. The molecule has 0 bridgehead atoms. The third-order valence-electron chi connectivity index (χ3n) is 3.95. The van der Waals surface area contributed by atoms with E-state index in [0.717, 1.165) is 25.7 Å². The van der Waals surface area contributed by atoms with Crippen molar-refractivity contribution in [2.24, 2.45) is 5.92 Å². The summed E-state index contributed by atoms with van der Waals surface area (Å²) in [5.41, 5.74) is -0.210. The van der Waals surface area contributed by atoms with Crippen LogP contribution in [0.4, 0.5) is 30.6 Å². The molecular weight excluding hydrogens is 347 g/mol. The SMILES string of the molecule is N#Cc1ccc(Nc2ncc(C(F)(F)F)c(NC[C@@H]3CCNC3)n2)cn1. The van der Waals surface area contributed by atoms with E-state index in [1.165, 1.54) is 12.3 Å². The minimum atomic E-state index is -4.55. The molecule has 7 nitrogen and oxygen atoms in total. The van der Waals surface area contributed by atoms with Crippen LogP contribution in [0.25, 0.3) is 0 Å². The van der Waals surface area contributed by atoms with Gasteiger partial charge in [0, 0.05) is 12.7 Å². The molecular formula is C16H16F3N7. The van der Waals surface area contributed by atoms with E-state index >= 15 is 0 Å². The van der Waals surface area contributed by atoms with Crippen molar-refractivity contribution < 1.29 is 13.2 Å². The first-order valence-corrected chi connectivity index (χ1v) is 7.97. The van der Waals surface area contributed by atoms with Gasteiger partial charge in [0.1, 0.15) is 23.1 Å². The van der Waals surface area contributed by atoms with Gasteiger partial charge in [-0.2, -0.15) is 23.4 Å². The highest BCUT2D eigenvalue weighted by Crippen LogP contribution is 2.34. The maximum Gasteiger partial charge on any atom is 0.421 e. The molecule has 0 aliphatic carbocycles. The molecule has 2 aromatic rings. The van der Waals surface area contributed by atoms with Crippen LogP contribution in [0.5, 0.6) is 0 Å². The van der Waals surface area contributed by atoms with E-state index in [4.69, 9.17) is 5.26 Å². The molecule has 3 rings (SSSR count). The molecule has 0 spiro atoms. The Hall–Kier alpha value is -2.93. The van der Waals surface area contributed by atoms with Crippen LogP contribution in [-0.4, -0.2) is 34.6 Å². The number of alkyl halides is 3. The van der Waals surface area contributed by atoms with E-state index in [-0.39, 0.29) is 23.4 Å². The van der Waals surface area contributed by atoms with Gasteiger partial charge in [-0.3, -0.25) is 0 Å². The standard InChI is InChI=1S/C16H16F3N7/c17-16(18,19)13-9-24-15(25-12-2-1-11(5-20)22-8-12)26-14(13)23-7-10-3-4-21-6-10/h1-2,8-10,21H,3-4,6-7H2,(H2,23,24,25,26)/t10-/m1/s1. The molecule has 10 heteroatoms. The molecule has 0 unspecified atom stereocenters. The molecule has 1 aliphatic heterocycles. The van der Waals surface area contributed by atoms with Gasteiger partial charge in [0.2, 0.25) is 5.95 Å². The molecule has 0 radical (unpaired) electrons. The largest absolute Gasteiger partial charge is 0.421 e. The zero-order valence-corrected chi connectivity index (χ0v) is 13.6. The summed E-state index contributed by atoms with van der Waals surface area (Å²) in [7, 11) is 0. The van der Waals surface area contributed by atoms with Gasteiger partial charge in [-0.15, -0.1) is 0 Å². The highest BCUT2D eigenvalue weighted by molar-refractivity contribution is 5.56. The second kappa shape index (κ2) is 7.53. The quantitative estimate of drug-likeness (QED) is 0.751. The summed E-state index contributed by atoms with van der Waals surface area (Å²) in [6.07, 6.45) is -1.51. The predicted molar refractivity (Wildman–Crippen MR) is 88.7 cm³/mol. The number of aromatic nitrogens is 3. The molecule has 2 aromatic heterocycles. The van der Waals surface area contributed by atoms with E-state index in [0.29, 0.717) is 12.2 Å². The first kappa shape index (κ1) is 17.9. The molecule has 1 saturated heterocycles. The molecule has 0 amide bonds. The lowest BCUT2D eigenvalue weighted by Crippen LogP contribution is -2.20. The fraction of sp³-hybridized carbons (Fsp3) is 0.375. The summed E-state index contributed by atoms with van der Waals surface area (Å²) in [5, 5.41) is 17.5. The number of hydrogen-bond acceptors (Lipinski definition) is 7. The summed E-state index contributed by atoms with van der Waals surface area (Å²) >= 11 is 0. The Balaban J connectivity index is 1.79. The average molecular weight is 363 g/mol. The molecule has 136 valence electrons. The van der Waals surface area contributed by atoms with E-state index in [2.05, 4.69) is 30.9 Å². The number of halogens is 3. The van der Waals surface area contributed by atoms with Crippen molar-refractivity contribution in [1.82, 2.24) is 20.3 Å². The molecule has 0 aromatic carbocycles. The fourth-order valence-corrected chi connectivity index (χ4v) is 2.58. The first-order valence-electron chi connectivity index (χ1n) is 7.97. The monoisotopic (exact) mass is 363 g/mol. The lowest BCUT2D eigenvalue weighted by atomic mass is 10.1. The van der Waals surface area contributed by atoms with Crippen molar-refractivity contribution in [2.45, 2.75) is 12.6 Å². The smallest absolute Gasteiger partial charge is 0.369 e. The Kier molecular flexibility index (Phi) is 5.18. The summed E-state index contributed by atoms with van der Waals surface area (Å²) < 4.78 is 39.6. The molecule has 1 atom stereocenters. The number of rotatable bonds is 5. The molecule has 0 saturated carbocycles. The van der Waals surface area contributed by atoms with Gasteiger partial charge in [-0.05, 0) is 37.6 Å². The summed E-state index contributed by atoms with van der Waals surface area (Å²) in [4.78, 5) is 11.6. The van der Waals surface area contributed by atoms with Crippen LogP contribution in [0, 0.1) is 17.2 Å². The maximum absolute atomic E-state index is 13.2. The number of nitrogens with one attached hydrogen (secondary N) is 3. The van der Waals surface area contributed by atoms with E-state index in [1.807, 2.05) is 6.07 Å². The van der Waals surface area contributed by atoms with Crippen LogP contribution in [-0.2, 0) is 6.18 Å². The number of nitrogens with zero attached hydrogens (tertiary/aromatic N) is 4. The Labute approximate surface area is 147 Å². The maximum atomic E-state index is 13.2. The van der Waals surface area contributed by atoms with Crippen LogP contribution in [0.15, 0.2) is 24.5 Å². The fourth-order valence-electron chi connectivity index (χ4n) is 2.58. The van der Waals surface area contributed by atoms with Gasteiger partial charge in [0.15, 0.2) is 0 Å². The number of pyridine rings is 1. The third kappa shape index (κ3) is 4.37. The van der Waals surface area contributed by atoms with Crippen LogP contribution < -0.4 is 16.0 Å². The second-order valence-electron chi connectivity index (χ2n) is 5.86. The Bertz CT molecular complexity index is 793. The van der Waals surface area contributed by atoms with Crippen molar-refractivity contribution >= 4 is 17.5 Å². The summed E-state index contributed by atoms with van der Waals surface area (Å²) in [6.45, 7) is 2.02. The van der Waals surface area contributed by atoms with Crippen LogP contribution in [0.1, 0.15) is 17.7 Å². The van der Waals surface area contributed by atoms with E-state index in [9.17, 15) is 13.2 Å². The number of hydrogen-bond donors (Lipinski definition) is 3. The number of nitriles is 1. The van der Waals surface area contributed by atoms with Gasteiger partial charge in [-0.25, -0.2) is 9.97 Å². The predicted octanol–water partition coefficient (Wildman–Crippen LogP) is 2.53. The van der Waals surface area contributed by atoms with Crippen molar-refractivity contribution in [3.63, 3.8) is 0 Å². The van der Waals surface area contributed by atoms with Gasteiger partial charge in [-0.1, -0.05) is 0 Å². The van der Waals surface area contributed by atoms with Gasteiger partial charge in [0.05, 0.1) is 11.9 Å². The zero-order valence-electron chi connectivity index (χ0n) is 13.6.